The number of aryl methyl sites for hydroxylation is 1. The van der Waals surface area contributed by atoms with Crippen LogP contribution < -0.4 is 5.49 Å². The Morgan fingerprint density at radius 1 is 1.18 bits per heavy atom. The van der Waals surface area contributed by atoms with Crippen molar-refractivity contribution in [2.45, 2.75) is 43.8 Å². The number of hydrogen-bond donors (Lipinski definition) is 2. The van der Waals surface area contributed by atoms with Gasteiger partial charge >= 0.3 is 0 Å². The molecule has 1 saturated heterocycles. The van der Waals surface area contributed by atoms with Crippen LogP contribution in [-0.2, 0) is 19.5 Å². The summed E-state index contributed by atoms with van der Waals surface area (Å²) >= 11 is 0. The van der Waals surface area contributed by atoms with Gasteiger partial charge in [-0.25, -0.2) is 17.4 Å². The van der Waals surface area contributed by atoms with E-state index in [-0.39, 0.29) is 33.7 Å². The van der Waals surface area contributed by atoms with Gasteiger partial charge in [0.1, 0.15) is 11.3 Å². The fraction of sp³-hybridized carbons (Fsp3) is 0.435. The topological polar surface area (TPSA) is 123 Å². The molecule has 2 unspecified atom stereocenters. The number of nitrogens with one attached hydrogen (secondary N) is 2. The number of rotatable bonds is 4. The van der Waals surface area contributed by atoms with Crippen LogP contribution in [0.4, 0.5) is 0 Å². The molecule has 2 aliphatic rings. The Morgan fingerprint density at radius 3 is 2.55 bits per heavy atom. The molecule has 0 radical (unpaired) electrons. The number of ether oxygens (including phenoxy) is 2. The lowest BCUT2D eigenvalue weighted by atomic mass is 9.92. The van der Waals surface area contributed by atoms with Crippen LogP contribution in [0, 0.1) is 29.6 Å². The van der Waals surface area contributed by atoms with E-state index in [0.717, 1.165) is 16.0 Å². The first-order chi connectivity index (χ1) is 15.8. The maximum Gasteiger partial charge on any atom is 0.269 e. The molecule has 2 aromatic heterocycles. The zero-order chi connectivity index (χ0) is 23.4. The van der Waals surface area contributed by atoms with E-state index >= 15 is 0 Å². The van der Waals surface area contributed by atoms with Crippen LogP contribution in [-0.4, -0.2) is 46.8 Å². The van der Waals surface area contributed by atoms with Gasteiger partial charge in [0.2, 0.25) is 0 Å². The van der Waals surface area contributed by atoms with Crippen molar-refractivity contribution in [3.63, 3.8) is 0 Å². The largest absolute Gasteiger partial charge is 0.347 e. The molecule has 1 spiro atoms. The third-order valence-electron chi connectivity index (χ3n) is 6.78. The highest BCUT2D eigenvalue weighted by Gasteiger charge is 2.50. The van der Waals surface area contributed by atoms with Crippen LogP contribution in [0.3, 0.4) is 0 Å². The van der Waals surface area contributed by atoms with Crippen LogP contribution in [0.25, 0.3) is 11.2 Å². The average molecular weight is 470 g/mol. The lowest BCUT2D eigenvalue weighted by molar-refractivity contribution is -0.153. The predicted octanol–water partition coefficient (Wildman–Crippen LogP) is 2.87. The van der Waals surface area contributed by atoms with Crippen molar-refractivity contribution in [1.29, 1.82) is 10.8 Å². The van der Waals surface area contributed by atoms with E-state index in [2.05, 4.69) is 11.9 Å². The van der Waals surface area contributed by atoms with Gasteiger partial charge in [0.05, 0.1) is 29.8 Å². The van der Waals surface area contributed by atoms with Crippen LogP contribution >= 0.6 is 0 Å². The number of nitrogens with zero attached hydrogens (tertiary/aromatic N) is 3. The first kappa shape index (κ1) is 22.0. The monoisotopic (exact) mass is 469 g/mol. The zero-order valence-corrected chi connectivity index (χ0v) is 19.4. The van der Waals surface area contributed by atoms with Crippen LogP contribution in [0.1, 0.15) is 31.7 Å². The third-order valence-corrected chi connectivity index (χ3v) is 8.46. The second-order valence-electron chi connectivity index (χ2n) is 8.79. The Balaban J connectivity index is 1.58. The summed E-state index contributed by atoms with van der Waals surface area (Å²) in [4.78, 5) is 4.42. The SMILES string of the molecule is CCC1CC2(CC1C(=N)n1c(=N)cnc3c1ccn3S(=O)(=O)c1ccc(C)cc1)OCCO2. The van der Waals surface area contributed by atoms with Crippen LogP contribution in [0.5, 0.6) is 0 Å². The molecular formula is C23H27N5O4S. The molecule has 9 nitrogen and oxygen atoms in total. The Kier molecular flexibility index (Phi) is 5.26. The summed E-state index contributed by atoms with van der Waals surface area (Å²) in [6.07, 6.45) is 4.84. The van der Waals surface area contributed by atoms with Crippen molar-refractivity contribution in [1.82, 2.24) is 13.5 Å². The molecule has 1 aliphatic carbocycles. The molecule has 0 amide bonds. The Bertz CT molecular complexity index is 1380. The summed E-state index contributed by atoms with van der Waals surface area (Å²) in [7, 11) is -3.88. The maximum atomic E-state index is 13.3. The molecule has 3 heterocycles. The predicted molar refractivity (Wildman–Crippen MR) is 122 cm³/mol. The van der Waals surface area contributed by atoms with Gasteiger partial charge in [-0.15, -0.1) is 0 Å². The molecule has 3 aromatic rings. The van der Waals surface area contributed by atoms with E-state index in [1.165, 1.54) is 17.0 Å². The van der Waals surface area contributed by atoms with E-state index < -0.39 is 15.8 Å². The number of aromatic nitrogens is 3. The quantitative estimate of drug-likeness (QED) is 0.449. The molecule has 174 valence electrons. The molecule has 2 N–H and O–H groups in total. The van der Waals surface area contributed by atoms with Crippen molar-refractivity contribution in [3.8, 4) is 0 Å². The smallest absolute Gasteiger partial charge is 0.269 e. The minimum atomic E-state index is -3.88. The number of benzene rings is 1. The van der Waals surface area contributed by atoms with Gasteiger partial charge in [0.25, 0.3) is 10.0 Å². The second kappa shape index (κ2) is 7.89. The minimum absolute atomic E-state index is 0.0297. The minimum Gasteiger partial charge on any atom is -0.347 e. The average Bonchev–Trinajstić information content (AvgIpc) is 3.52. The molecule has 0 bridgehead atoms. The van der Waals surface area contributed by atoms with Crippen molar-refractivity contribution < 1.29 is 17.9 Å². The fourth-order valence-corrected chi connectivity index (χ4v) is 6.35. The molecule has 2 fully saturated rings. The van der Waals surface area contributed by atoms with E-state index in [4.69, 9.17) is 20.3 Å². The van der Waals surface area contributed by atoms with E-state index in [1.54, 1.807) is 30.3 Å². The van der Waals surface area contributed by atoms with E-state index in [1.807, 2.05) is 6.92 Å². The Hall–Kier alpha value is -2.82. The van der Waals surface area contributed by atoms with Crippen LogP contribution in [0.15, 0.2) is 47.6 Å². The van der Waals surface area contributed by atoms with Crippen molar-refractivity contribution in [2.75, 3.05) is 13.2 Å². The van der Waals surface area contributed by atoms with Gasteiger partial charge in [-0.2, -0.15) is 0 Å². The fourth-order valence-electron chi connectivity index (χ4n) is 5.06. The molecule has 1 saturated carbocycles. The maximum absolute atomic E-state index is 13.3. The van der Waals surface area contributed by atoms with Crippen molar-refractivity contribution in [2.24, 2.45) is 11.8 Å². The first-order valence-corrected chi connectivity index (χ1v) is 12.5. The van der Waals surface area contributed by atoms with Gasteiger partial charge in [-0.05, 0) is 31.0 Å². The van der Waals surface area contributed by atoms with Crippen molar-refractivity contribution in [3.05, 3.63) is 53.8 Å². The Morgan fingerprint density at radius 2 is 1.88 bits per heavy atom. The zero-order valence-electron chi connectivity index (χ0n) is 18.6. The molecule has 1 aliphatic heterocycles. The summed E-state index contributed by atoms with van der Waals surface area (Å²) < 4.78 is 41.0. The summed E-state index contributed by atoms with van der Waals surface area (Å²) in [6.45, 7) is 5.07. The molecule has 10 heteroatoms. The normalized spacial score (nSPS) is 22.4. The third kappa shape index (κ3) is 3.53. The highest BCUT2D eigenvalue weighted by molar-refractivity contribution is 7.90. The molecule has 1 aromatic carbocycles. The molecular weight excluding hydrogens is 442 g/mol. The summed E-state index contributed by atoms with van der Waals surface area (Å²) in [5.74, 6) is -0.428. The van der Waals surface area contributed by atoms with Gasteiger partial charge in [0, 0.05) is 25.0 Å². The second-order valence-corrected chi connectivity index (χ2v) is 10.6. The number of hydrogen-bond acceptors (Lipinski definition) is 7. The van der Waals surface area contributed by atoms with Crippen molar-refractivity contribution >= 4 is 27.0 Å². The summed E-state index contributed by atoms with van der Waals surface area (Å²) in [5.41, 5.74) is 1.59. The van der Waals surface area contributed by atoms with E-state index in [0.29, 0.717) is 31.6 Å². The molecule has 33 heavy (non-hydrogen) atoms. The first-order valence-electron chi connectivity index (χ1n) is 11.1. The van der Waals surface area contributed by atoms with Gasteiger partial charge in [0.15, 0.2) is 11.4 Å². The summed E-state index contributed by atoms with van der Waals surface area (Å²) in [5, 5.41) is 17.5. The summed E-state index contributed by atoms with van der Waals surface area (Å²) in [6, 6.07) is 8.23. The highest BCUT2D eigenvalue weighted by Crippen LogP contribution is 2.46. The standard InChI is InChI=1S/C23H27N5O4S/c1-3-16-12-23(31-10-11-32-23)13-18(16)21(25)28-19-8-9-27(22(19)26-14-20(28)24)33(29,30)17-6-4-15(2)5-7-17/h4-9,14,16,18,24-25H,3,10-13H2,1-2H3. The highest BCUT2D eigenvalue weighted by atomic mass is 32.2. The van der Waals surface area contributed by atoms with Gasteiger partial charge in [-0.3, -0.25) is 15.4 Å². The molecule has 2 atom stereocenters. The lowest BCUT2D eigenvalue weighted by Gasteiger charge is -2.22. The van der Waals surface area contributed by atoms with Gasteiger partial charge in [-0.1, -0.05) is 31.0 Å². The Labute approximate surface area is 192 Å². The molecule has 5 rings (SSSR count). The van der Waals surface area contributed by atoms with Crippen LogP contribution in [0.2, 0.25) is 0 Å². The van der Waals surface area contributed by atoms with E-state index in [9.17, 15) is 8.42 Å². The van der Waals surface area contributed by atoms with Gasteiger partial charge < -0.3 is 9.47 Å². The number of fused-ring (bicyclic) bond motifs is 1. The lowest BCUT2D eigenvalue weighted by Crippen LogP contribution is -2.34.